The van der Waals surface area contributed by atoms with E-state index < -0.39 is 0 Å². The summed E-state index contributed by atoms with van der Waals surface area (Å²) in [5.41, 5.74) is 2.45. The van der Waals surface area contributed by atoms with Gasteiger partial charge in [0.1, 0.15) is 12.4 Å². The standard InChI is InChI=1S/C12H16Br2O2/c1-2-15-3-4-16-12-6-10(8-13)5-11(7-12)9-14/h5-7H,2-4,8-9H2,1H3. The SMILES string of the molecule is CCOCCOc1cc(CBr)cc(CBr)c1. The number of benzene rings is 1. The van der Waals surface area contributed by atoms with Gasteiger partial charge < -0.3 is 9.47 Å². The van der Waals surface area contributed by atoms with Gasteiger partial charge >= 0.3 is 0 Å². The fraction of sp³-hybridized carbons (Fsp3) is 0.500. The van der Waals surface area contributed by atoms with Gasteiger partial charge in [0.2, 0.25) is 0 Å². The average molecular weight is 352 g/mol. The molecule has 0 saturated carbocycles. The van der Waals surface area contributed by atoms with Crippen LogP contribution in [0.3, 0.4) is 0 Å². The van der Waals surface area contributed by atoms with Gasteiger partial charge in [-0.1, -0.05) is 37.9 Å². The number of ether oxygens (including phenoxy) is 2. The fourth-order valence-corrected chi connectivity index (χ4v) is 1.98. The Morgan fingerprint density at radius 1 is 1.00 bits per heavy atom. The Morgan fingerprint density at radius 2 is 1.62 bits per heavy atom. The van der Waals surface area contributed by atoms with Gasteiger partial charge in [0, 0.05) is 17.3 Å². The lowest BCUT2D eigenvalue weighted by atomic mass is 10.1. The molecule has 0 aliphatic carbocycles. The molecule has 90 valence electrons. The molecule has 4 heteroatoms. The predicted molar refractivity (Wildman–Crippen MR) is 73.7 cm³/mol. The third kappa shape index (κ3) is 4.85. The molecule has 0 fully saturated rings. The maximum absolute atomic E-state index is 5.63. The molecule has 1 aromatic rings. The molecule has 0 unspecified atom stereocenters. The summed E-state index contributed by atoms with van der Waals surface area (Å²) in [6.45, 7) is 3.95. The summed E-state index contributed by atoms with van der Waals surface area (Å²) in [7, 11) is 0. The van der Waals surface area contributed by atoms with Crippen LogP contribution in [0.4, 0.5) is 0 Å². The van der Waals surface area contributed by atoms with Crippen molar-refractivity contribution in [3.63, 3.8) is 0 Å². The Bertz CT molecular complexity index is 294. The van der Waals surface area contributed by atoms with Gasteiger partial charge in [-0.15, -0.1) is 0 Å². The minimum atomic E-state index is 0.599. The molecule has 0 aromatic heterocycles. The summed E-state index contributed by atoms with van der Waals surface area (Å²) in [6.07, 6.45) is 0. The van der Waals surface area contributed by atoms with E-state index in [4.69, 9.17) is 9.47 Å². The summed E-state index contributed by atoms with van der Waals surface area (Å²) < 4.78 is 10.9. The first-order chi connectivity index (χ1) is 7.80. The van der Waals surface area contributed by atoms with E-state index in [9.17, 15) is 0 Å². The van der Waals surface area contributed by atoms with Crippen LogP contribution in [-0.4, -0.2) is 19.8 Å². The van der Waals surface area contributed by atoms with Crippen LogP contribution in [0, 0.1) is 0 Å². The highest BCUT2D eigenvalue weighted by molar-refractivity contribution is 9.08. The van der Waals surface area contributed by atoms with E-state index in [1.54, 1.807) is 0 Å². The van der Waals surface area contributed by atoms with Crippen molar-refractivity contribution in [2.45, 2.75) is 17.6 Å². The van der Waals surface area contributed by atoms with Gasteiger partial charge in [-0.05, 0) is 30.2 Å². The maximum atomic E-state index is 5.63. The lowest BCUT2D eigenvalue weighted by Crippen LogP contribution is -2.06. The normalized spacial score (nSPS) is 10.4. The summed E-state index contributed by atoms with van der Waals surface area (Å²) in [4.78, 5) is 0. The molecule has 1 aromatic carbocycles. The van der Waals surface area contributed by atoms with Crippen molar-refractivity contribution in [1.82, 2.24) is 0 Å². The van der Waals surface area contributed by atoms with Crippen LogP contribution in [0.1, 0.15) is 18.1 Å². The number of hydrogen-bond donors (Lipinski definition) is 0. The zero-order valence-corrected chi connectivity index (χ0v) is 12.5. The Kier molecular flexibility index (Phi) is 7.08. The van der Waals surface area contributed by atoms with Crippen LogP contribution in [0.5, 0.6) is 5.75 Å². The molecule has 0 saturated heterocycles. The van der Waals surface area contributed by atoms with E-state index in [2.05, 4.69) is 37.9 Å². The summed E-state index contributed by atoms with van der Waals surface area (Å²) in [5.74, 6) is 0.908. The number of halogens is 2. The maximum Gasteiger partial charge on any atom is 0.120 e. The van der Waals surface area contributed by atoms with Crippen LogP contribution in [-0.2, 0) is 15.4 Å². The van der Waals surface area contributed by atoms with Crippen molar-refractivity contribution in [3.8, 4) is 5.75 Å². The van der Waals surface area contributed by atoms with E-state index in [0.717, 1.165) is 23.0 Å². The van der Waals surface area contributed by atoms with Crippen molar-refractivity contribution >= 4 is 31.9 Å². The first-order valence-corrected chi connectivity index (χ1v) is 7.49. The molecule has 0 amide bonds. The minimum Gasteiger partial charge on any atom is -0.491 e. The number of hydrogen-bond acceptors (Lipinski definition) is 2. The molecule has 0 heterocycles. The fourth-order valence-electron chi connectivity index (χ4n) is 1.33. The largest absolute Gasteiger partial charge is 0.491 e. The minimum absolute atomic E-state index is 0.599. The first-order valence-electron chi connectivity index (χ1n) is 5.25. The molecule has 16 heavy (non-hydrogen) atoms. The zero-order chi connectivity index (χ0) is 11.8. The molecule has 0 aliphatic heterocycles. The molecule has 2 nitrogen and oxygen atoms in total. The number of rotatable bonds is 7. The molecule has 1 rings (SSSR count). The van der Waals surface area contributed by atoms with Crippen molar-refractivity contribution < 1.29 is 9.47 Å². The van der Waals surface area contributed by atoms with Gasteiger partial charge in [-0.2, -0.15) is 0 Å². The van der Waals surface area contributed by atoms with Crippen molar-refractivity contribution in [1.29, 1.82) is 0 Å². The second kappa shape index (κ2) is 8.09. The Labute approximate surface area is 114 Å². The smallest absolute Gasteiger partial charge is 0.120 e. The van der Waals surface area contributed by atoms with Gasteiger partial charge in [-0.25, -0.2) is 0 Å². The van der Waals surface area contributed by atoms with Gasteiger partial charge in [0.15, 0.2) is 0 Å². The number of alkyl halides is 2. The third-order valence-electron chi connectivity index (χ3n) is 2.04. The van der Waals surface area contributed by atoms with E-state index in [0.29, 0.717) is 13.2 Å². The van der Waals surface area contributed by atoms with E-state index in [-0.39, 0.29) is 0 Å². The average Bonchev–Trinajstić information content (AvgIpc) is 2.34. The lowest BCUT2D eigenvalue weighted by Gasteiger charge is -2.09. The topological polar surface area (TPSA) is 18.5 Å². The van der Waals surface area contributed by atoms with E-state index in [1.807, 2.05) is 19.1 Å². The van der Waals surface area contributed by atoms with Crippen LogP contribution in [0.25, 0.3) is 0 Å². The van der Waals surface area contributed by atoms with E-state index in [1.165, 1.54) is 11.1 Å². The summed E-state index contributed by atoms with van der Waals surface area (Å²) in [6, 6.07) is 6.25. The van der Waals surface area contributed by atoms with Crippen LogP contribution in [0.15, 0.2) is 18.2 Å². The summed E-state index contributed by atoms with van der Waals surface area (Å²) >= 11 is 6.90. The van der Waals surface area contributed by atoms with Gasteiger partial charge in [0.05, 0.1) is 6.61 Å². The molecule has 0 N–H and O–H groups in total. The molecular weight excluding hydrogens is 336 g/mol. The monoisotopic (exact) mass is 350 g/mol. The van der Waals surface area contributed by atoms with Gasteiger partial charge in [0.25, 0.3) is 0 Å². The van der Waals surface area contributed by atoms with Crippen molar-refractivity contribution in [3.05, 3.63) is 29.3 Å². The van der Waals surface area contributed by atoms with Crippen LogP contribution < -0.4 is 4.74 Å². The molecule has 0 radical (unpaired) electrons. The highest BCUT2D eigenvalue weighted by Crippen LogP contribution is 2.20. The van der Waals surface area contributed by atoms with Crippen LogP contribution in [0.2, 0.25) is 0 Å². The molecule has 0 aliphatic rings. The predicted octanol–water partition coefficient (Wildman–Crippen LogP) is 3.89. The van der Waals surface area contributed by atoms with E-state index >= 15 is 0 Å². The second-order valence-electron chi connectivity index (χ2n) is 3.30. The molecule has 0 spiro atoms. The van der Waals surface area contributed by atoms with Crippen molar-refractivity contribution in [2.24, 2.45) is 0 Å². The lowest BCUT2D eigenvalue weighted by molar-refractivity contribution is 0.110. The second-order valence-corrected chi connectivity index (χ2v) is 4.42. The zero-order valence-electron chi connectivity index (χ0n) is 9.34. The molecule has 0 bridgehead atoms. The highest BCUT2D eigenvalue weighted by atomic mass is 79.9. The first kappa shape index (κ1) is 14.0. The highest BCUT2D eigenvalue weighted by Gasteiger charge is 2.01. The quantitative estimate of drug-likeness (QED) is 0.548. The van der Waals surface area contributed by atoms with Crippen molar-refractivity contribution in [2.75, 3.05) is 19.8 Å². The molecule has 0 atom stereocenters. The Morgan fingerprint density at radius 3 is 2.12 bits per heavy atom. The van der Waals surface area contributed by atoms with Crippen LogP contribution >= 0.6 is 31.9 Å². The Hall–Kier alpha value is -0.0600. The van der Waals surface area contributed by atoms with Gasteiger partial charge in [-0.3, -0.25) is 0 Å². The molecular formula is C12H16Br2O2. The summed E-state index contributed by atoms with van der Waals surface area (Å²) in [5, 5.41) is 1.69. The Balaban J connectivity index is 2.57. The third-order valence-corrected chi connectivity index (χ3v) is 3.33.